The molecule has 0 bridgehead atoms. The van der Waals surface area contributed by atoms with Crippen LogP contribution >= 0.6 is 0 Å². The van der Waals surface area contributed by atoms with E-state index in [2.05, 4.69) is 295 Å². The molecule has 354 valence electrons. The number of fused-ring (bicyclic) bond motifs is 7. The second kappa shape index (κ2) is 17.9. The molecule has 0 saturated carbocycles. The van der Waals surface area contributed by atoms with Crippen LogP contribution in [0.4, 0.5) is 34.1 Å². The smallest absolute Gasteiger partial charge is 0.252 e. The Labute approximate surface area is 442 Å². The highest BCUT2D eigenvalue weighted by atomic mass is 16.3. The number of para-hydroxylation sites is 3. The topological polar surface area (TPSA) is 19.6 Å². The van der Waals surface area contributed by atoms with E-state index in [1.807, 2.05) is 0 Å². The monoisotopic (exact) mass is 966 g/mol. The summed E-state index contributed by atoms with van der Waals surface area (Å²) < 4.78 is 6.80. The molecule has 3 nitrogen and oxygen atoms in total. The summed E-state index contributed by atoms with van der Waals surface area (Å²) in [6.07, 6.45) is 0. The van der Waals surface area contributed by atoms with Crippen LogP contribution in [-0.2, 0) is 0 Å². The van der Waals surface area contributed by atoms with Gasteiger partial charge in [0.25, 0.3) is 6.71 Å². The first-order chi connectivity index (χ1) is 37.7. The minimum Gasteiger partial charge on any atom is -0.455 e. The van der Waals surface area contributed by atoms with E-state index in [4.69, 9.17) is 4.42 Å². The van der Waals surface area contributed by atoms with E-state index >= 15 is 0 Å². The molecule has 13 aromatic rings. The van der Waals surface area contributed by atoms with Crippen molar-refractivity contribution in [1.82, 2.24) is 0 Å². The highest BCUT2D eigenvalue weighted by Crippen LogP contribution is 2.51. The second-order valence-electron chi connectivity index (χ2n) is 19.9. The zero-order valence-electron chi connectivity index (χ0n) is 41.5. The first kappa shape index (κ1) is 43.7. The van der Waals surface area contributed by atoms with Crippen LogP contribution in [0.5, 0.6) is 0 Å². The molecule has 0 fully saturated rings. The molecule has 15 rings (SSSR count). The minimum absolute atomic E-state index is 0.112. The lowest BCUT2D eigenvalue weighted by molar-refractivity contribution is 0.670. The normalized spacial score (nSPS) is 12.4. The van der Waals surface area contributed by atoms with Crippen molar-refractivity contribution in [1.29, 1.82) is 0 Å². The molecule has 0 radical (unpaired) electrons. The lowest BCUT2D eigenvalue weighted by Gasteiger charge is -2.45. The SMILES string of the molecule is c1ccc(-c2ccc3c(c2)N(c2ccccc2-c2ccccc2)c2cc(-c4cc(-c5ccccc5)c5oc6ccccc6c5c4)cc4c2B3c2ccc(-c3ccccc3)cc2N4c2ccccc2-c2ccccc2)cc1. The molecule has 0 amide bonds. The Hall–Kier alpha value is -9.90. The number of hydrogen-bond acceptors (Lipinski definition) is 3. The Kier molecular flexibility index (Phi) is 10.3. The van der Waals surface area contributed by atoms with Crippen LogP contribution < -0.4 is 26.2 Å². The van der Waals surface area contributed by atoms with Crippen LogP contribution in [0.25, 0.3) is 88.7 Å². The van der Waals surface area contributed by atoms with E-state index in [1.165, 1.54) is 38.6 Å². The van der Waals surface area contributed by atoms with Crippen molar-refractivity contribution in [2.75, 3.05) is 9.80 Å². The van der Waals surface area contributed by atoms with Crippen molar-refractivity contribution in [3.63, 3.8) is 0 Å². The third kappa shape index (κ3) is 7.14. The zero-order chi connectivity index (χ0) is 50.1. The molecule has 0 spiro atoms. The highest BCUT2D eigenvalue weighted by Gasteiger charge is 2.44. The van der Waals surface area contributed by atoms with E-state index in [-0.39, 0.29) is 6.71 Å². The molecule has 2 aliphatic heterocycles. The molecule has 3 heterocycles. The van der Waals surface area contributed by atoms with Gasteiger partial charge in [0.05, 0.1) is 11.4 Å². The predicted molar refractivity (Wildman–Crippen MR) is 320 cm³/mol. The summed E-state index contributed by atoms with van der Waals surface area (Å²) in [5, 5.41) is 2.18. The Morgan fingerprint density at radius 2 is 0.645 bits per heavy atom. The minimum atomic E-state index is -0.112. The third-order valence-corrected chi connectivity index (χ3v) is 15.6. The van der Waals surface area contributed by atoms with Gasteiger partial charge in [0.2, 0.25) is 0 Å². The average Bonchev–Trinajstić information content (AvgIpc) is 4.02. The second-order valence-corrected chi connectivity index (χ2v) is 19.9. The fourth-order valence-electron chi connectivity index (χ4n) is 12.2. The van der Waals surface area contributed by atoms with Crippen LogP contribution in [0.15, 0.2) is 290 Å². The Morgan fingerprint density at radius 1 is 0.250 bits per heavy atom. The molecule has 4 heteroatoms. The van der Waals surface area contributed by atoms with Crippen molar-refractivity contribution in [2.45, 2.75) is 0 Å². The molecule has 76 heavy (non-hydrogen) atoms. The lowest BCUT2D eigenvalue weighted by Crippen LogP contribution is -2.61. The predicted octanol–water partition coefficient (Wildman–Crippen LogP) is 17.7. The molecule has 0 unspecified atom stereocenters. The highest BCUT2D eigenvalue weighted by molar-refractivity contribution is 7.00. The lowest BCUT2D eigenvalue weighted by atomic mass is 9.33. The Bertz CT molecular complexity index is 4150. The standard InChI is InChI=1S/C72H47BN2O/c1-6-22-48(23-7-1)53-38-40-62-66(44-53)74(64-35-19-16-32-57(64)50-26-10-3-11-27-50)68-46-56(55-42-60(52-30-14-5-15-31-52)72-61(43-55)59-34-18-21-37-70(59)76-72)47-69-71(68)73(62)63-41-39-54(49-24-8-2-9-25-49)45-67(63)75(69)65-36-20-17-33-58(65)51-28-12-4-13-29-51/h1-47H. The van der Waals surface area contributed by atoms with E-state index in [1.54, 1.807) is 0 Å². The quantitative estimate of drug-likeness (QED) is 0.142. The number of anilines is 6. The Morgan fingerprint density at radius 3 is 1.14 bits per heavy atom. The number of rotatable bonds is 8. The van der Waals surface area contributed by atoms with Crippen molar-refractivity contribution in [3.05, 3.63) is 285 Å². The fraction of sp³-hybridized carbons (Fsp3) is 0. The zero-order valence-corrected chi connectivity index (χ0v) is 41.5. The molecule has 0 saturated heterocycles. The van der Waals surface area contributed by atoms with Gasteiger partial charge < -0.3 is 14.2 Å². The van der Waals surface area contributed by atoms with Crippen LogP contribution in [0.2, 0.25) is 0 Å². The first-order valence-corrected chi connectivity index (χ1v) is 26.2. The molecule has 2 aliphatic rings. The largest absolute Gasteiger partial charge is 0.455 e. The van der Waals surface area contributed by atoms with Crippen molar-refractivity contribution >= 4 is 79.2 Å². The van der Waals surface area contributed by atoms with Gasteiger partial charge in [-0.1, -0.05) is 231 Å². The van der Waals surface area contributed by atoms with Crippen molar-refractivity contribution in [2.24, 2.45) is 0 Å². The molecular formula is C72H47BN2O. The molecule has 12 aromatic carbocycles. The summed E-state index contributed by atoms with van der Waals surface area (Å²) in [5.74, 6) is 0. The maximum Gasteiger partial charge on any atom is 0.252 e. The summed E-state index contributed by atoms with van der Waals surface area (Å²) in [7, 11) is 0. The van der Waals surface area contributed by atoms with E-state index in [0.717, 1.165) is 101 Å². The fourth-order valence-corrected chi connectivity index (χ4v) is 12.2. The van der Waals surface area contributed by atoms with Gasteiger partial charge in [-0.3, -0.25) is 0 Å². The van der Waals surface area contributed by atoms with Crippen LogP contribution in [-0.4, -0.2) is 6.71 Å². The van der Waals surface area contributed by atoms with Gasteiger partial charge >= 0.3 is 0 Å². The summed E-state index contributed by atoms with van der Waals surface area (Å²) in [6.45, 7) is -0.112. The first-order valence-electron chi connectivity index (χ1n) is 26.2. The molecule has 0 aliphatic carbocycles. The van der Waals surface area contributed by atoms with Gasteiger partial charge in [-0.25, -0.2) is 0 Å². The maximum absolute atomic E-state index is 6.80. The van der Waals surface area contributed by atoms with Crippen LogP contribution in [0, 0.1) is 0 Å². The van der Waals surface area contributed by atoms with E-state index in [0.29, 0.717) is 0 Å². The van der Waals surface area contributed by atoms with Crippen LogP contribution in [0.3, 0.4) is 0 Å². The maximum atomic E-state index is 6.80. The summed E-state index contributed by atoms with van der Waals surface area (Å²) in [4.78, 5) is 5.16. The van der Waals surface area contributed by atoms with Crippen LogP contribution in [0.1, 0.15) is 0 Å². The summed E-state index contributed by atoms with van der Waals surface area (Å²) in [5.41, 5.74) is 26.0. The molecule has 0 atom stereocenters. The molecule has 0 N–H and O–H groups in total. The molecular weight excluding hydrogens is 920 g/mol. The number of nitrogens with zero attached hydrogens (tertiary/aromatic N) is 2. The van der Waals surface area contributed by atoms with Crippen molar-refractivity contribution in [3.8, 4) is 66.8 Å². The summed E-state index contributed by atoms with van der Waals surface area (Å²) >= 11 is 0. The average molecular weight is 967 g/mol. The van der Waals surface area contributed by atoms with E-state index < -0.39 is 0 Å². The van der Waals surface area contributed by atoms with Gasteiger partial charge in [-0.05, 0) is 121 Å². The third-order valence-electron chi connectivity index (χ3n) is 15.6. The summed E-state index contributed by atoms with van der Waals surface area (Å²) in [6, 6.07) is 104. The van der Waals surface area contributed by atoms with E-state index in [9.17, 15) is 0 Å². The van der Waals surface area contributed by atoms with Gasteiger partial charge in [0.1, 0.15) is 11.2 Å². The van der Waals surface area contributed by atoms with Gasteiger partial charge in [0.15, 0.2) is 0 Å². The number of hydrogen-bond donors (Lipinski definition) is 0. The van der Waals surface area contributed by atoms with Gasteiger partial charge in [-0.15, -0.1) is 0 Å². The van der Waals surface area contributed by atoms with Gasteiger partial charge in [0, 0.05) is 50.2 Å². The molecule has 1 aromatic heterocycles. The number of benzene rings is 12. The van der Waals surface area contributed by atoms with Gasteiger partial charge in [-0.2, -0.15) is 0 Å². The number of furan rings is 1. The van der Waals surface area contributed by atoms with Crippen molar-refractivity contribution < 1.29 is 4.42 Å². The Balaban J connectivity index is 1.10.